The van der Waals surface area contributed by atoms with Gasteiger partial charge in [-0.2, -0.15) is 8.42 Å². The lowest BCUT2D eigenvalue weighted by molar-refractivity contribution is 0.308. The maximum atomic E-state index is 9.44. The molecule has 0 unspecified atom stereocenters. The van der Waals surface area contributed by atoms with Crippen LogP contribution in [0.2, 0.25) is 0 Å². The van der Waals surface area contributed by atoms with Gasteiger partial charge in [0.15, 0.2) is 0 Å². The van der Waals surface area contributed by atoms with Gasteiger partial charge in [-0.25, -0.2) is 0 Å². The zero-order valence-corrected chi connectivity index (χ0v) is 5.25. The fraction of sp³-hybridized carbons (Fsp3) is 0. The predicted molar refractivity (Wildman–Crippen MR) is 21.3 cm³/mol. The van der Waals surface area contributed by atoms with Gasteiger partial charge in [-0.3, -0.25) is 9.01 Å². The van der Waals surface area contributed by atoms with Gasteiger partial charge in [0.2, 0.25) is 0 Å². The summed E-state index contributed by atoms with van der Waals surface area (Å²) in [5.74, 6) is 0. The molecule has 0 heterocycles. The van der Waals surface area contributed by atoms with Crippen molar-refractivity contribution in [1.82, 2.24) is 0 Å². The molecule has 0 aliphatic rings. The summed E-state index contributed by atoms with van der Waals surface area (Å²) in [4.78, 5) is 7.67. The Kier molecular flexibility index (Phi) is 2.07. The third-order valence-corrected chi connectivity index (χ3v) is 1.59. The molecule has 8 heteroatoms. The molecule has 0 atom stereocenters. The van der Waals surface area contributed by atoms with Crippen molar-refractivity contribution in [3.05, 3.63) is 0 Å². The molecule has 0 rings (SSSR count). The fourth-order valence-electron chi connectivity index (χ4n) is 0.0901. The van der Waals surface area contributed by atoms with E-state index in [2.05, 4.69) is 3.87 Å². The van der Waals surface area contributed by atoms with Crippen molar-refractivity contribution >= 4 is 19.6 Å². The molecule has 0 aromatic rings. The number of hydrogen-bond acceptors (Lipinski definition) is 4. The van der Waals surface area contributed by atoms with Crippen LogP contribution in [0, 0.1) is 0 Å². The summed E-state index contributed by atoms with van der Waals surface area (Å²) in [7, 11) is -8.32. The van der Waals surface area contributed by atoms with Crippen LogP contribution >= 0.6 is 0 Å². The quantitative estimate of drug-likeness (QED) is 0.363. The van der Waals surface area contributed by atoms with Crippen LogP contribution in [-0.4, -0.2) is 26.9 Å². The fourth-order valence-corrected chi connectivity index (χ4v) is 0.811. The van der Waals surface area contributed by atoms with Crippen molar-refractivity contribution in [3.8, 4) is 0 Å². The minimum absolute atomic E-state index is 3.07. The van der Waals surface area contributed by atoms with Crippen LogP contribution in [0.15, 0.2) is 0 Å². The second-order valence-corrected chi connectivity index (χ2v) is 2.83. The molecule has 0 radical (unpaired) electrons. The molecule has 8 heavy (non-hydrogen) atoms. The number of hydrogen-bond donors (Lipinski definition) is 2. The first-order valence-corrected chi connectivity index (χ1v) is 3.94. The van der Waals surface area contributed by atoms with Gasteiger partial charge < -0.3 is 8.67 Å². The van der Waals surface area contributed by atoms with E-state index in [0.29, 0.717) is 0 Å². The average molecular weight is 158 g/mol. The summed E-state index contributed by atoms with van der Waals surface area (Å²) in [6, 6.07) is 0. The van der Waals surface area contributed by atoms with Gasteiger partial charge in [-0.05, 0) is 0 Å². The first-order valence-electron chi connectivity index (χ1n) is 1.31. The molecule has 0 aliphatic heterocycles. The van der Waals surface area contributed by atoms with E-state index in [0.717, 1.165) is 0 Å². The zero-order chi connectivity index (χ0) is 6.78. The van der Waals surface area contributed by atoms with E-state index in [-0.39, 0.29) is 0 Å². The van der Waals surface area contributed by atoms with Gasteiger partial charge in [-0.15, -0.1) is 0 Å². The highest BCUT2D eigenvalue weighted by molar-refractivity contribution is 7.81. The Bertz CT molecular complexity index is 175. The summed E-state index contributed by atoms with van der Waals surface area (Å²) in [5.41, 5.74) is 0. The van der Waals surface area contributed by atoms with Crippen molar-refractivity contribution in [2.24, 2.45) is 0 Å². The molecular formula is H2O6SSi. The van der Waals surface area contributed by atoms with Crippen LogP contribution in [0.25, 0.3) is 0 Å². The van der Waals surface area contributed by atoms with Crippen LogP contribution < -0.4 is 0 Å². The summed E-state index contributed by atoms with van der Waals surface area (Å²) >= 11 is 0. The van der Waals surface area contributed by atoms with Crippen LogP contribution in [0.5, 0.6) is 0 Å². The molecule has 48 valence electrons. The van der Waals surface area contributed by atoms with Crippen molar-refractivity contribution in [2.75, 3.05) is 0 Å². The summed E-state index contributed by atoms with van der Waals surface area (Å²) in [6.45, 7) is 0. The lowest BCUT2D eigenvalue weighted by atomic mass is 15.7. The van der Waals surface area contributed by atoms with E-state index in [9.17, 15) is 12.9 Å². The third kappa shape index (κ3) is 5.53. The molecule has 0 aromatic heterocycles. The Hall–Kier alpha value is -0.473. The van der Waals surface area contributed by atoms with Gasteiger partial charge in [0.05, 0.1) is 0 Å². The van der Waals surface area contributed by atoms with Gasteiger partial charge in [0.25, 0.3) is 0 Å². The van der Waals surface area contributed by atoms with Gasteiger partial charge in [-0.1, -0.05) is 0 Å². The molecule has 0 aliphatic carbocycles. The second kappa shape index (κ2) is 2.20. The Labute approximate surface area is 46.6 Å². The topological polar surface area (TPSA) is 101 Å². The van der Waals surface area contributed by atoms with E-state index in [1.54, 1.807) is 0 Å². The minimum atomic E-state index is -4.74. The van der Waals surface area contributed by atoms with Crippen LogP contribution in [-0.2, 0) is 18.7 Å². The summed E-state index contributed by atoms with van der Waals surface area (Å²) in [6.07, 6.45) is 0. The second-order valence-electron chi connectivity index (χ2n) is 0.777. The van der Waals surface area contributed by atoms with E-state index in [4.69, 9.17) is 9.35 Å². The van der Waals surface area contributed by atoms with Crippen molar-refractivity contribution in [1.29, 1.82) is 0 Å². The molecule has 0 bridgehead atoms. The molecule has 0 spiro atoms. The highest BCUT2D eigenvalue weighted by Gasteiger charge is 2.14. The molecular weight excluding hydrogens is 156 g/mol. The Morgan fingerprint density at radius 2 is 1.88 bits per heavy atom. The maximum absolute atomic E-state index is 9.44. The predicted octanol–water partition coefficient (Wildman–Crippen LogP) is -1.79. The van der Waals surface area contributed by atoms with E-state index < -0.39 is 19.6 Å². The van der Waals surface area contributed by atoms with Crippen molar-refractivity contribution in [2.45, 2.75) is 0 Å². The SMILES string of the molecule is O=[Si](O)OS(=O)(=O)O. The van der Waals surface area contributed by atoms with Crippen LogP contribution in [0.3, 0.4) is 0 Å². The Morgan fingerprint density at radius 1 is 1.50 bits per heavy atom. The van der Waals surface area contributed by atoms with Gasteiger partial charge in [0, 0.05) is 0 Å². The number of rotatable bonds is 2. The lowest BCUT2D eigenvalue weighted by Crippen LogP contribution is -2.12. The smallest absolute Gasteiger partial charge is 0.511 e. The molecule has 0 aromatic carbocycles. The van der Waals surface area contributed by atoms with Crippen LogP contribution in [0.4, 0.5) is 0 Å². The molecule has 6 nitrogen and oxygen atoms in total. The van der Waals surface area contributed by atoms with E-state index >= 15 is 0 Å². The highest BCUT2D eigenvalue weighted by Crippen LogP contribution is 1.80. The first-order chi connectivity index (χ1) is 3.42. The largest absolute Gasteiger partial charge is 0.782 e. The maximum Gasteiger partial charge on any atom is 0.782 e. The van der Waals surface area contributed by atoms with E-state index in [1.165, 1.54) is 0 Å². The Morgan fingerprint density at radius 3 is 1.88 bits per heavy atom. The van der Waals surface area contributed by atoms with E-state index in [1.807, 2.05) is 0 Å². The van der Waals surface area contributed by atoms with Crippen molar-refractivity contribution in [3.63, 3.8) is 0 Å². The summed E-state index contributed by atoms with van der Waals surface area (Å²) in [5, 5.41) is 0. The standard InChI is InChI=1S/H2O6SSi/c1-7(2,3)6-8(4)5/h4H,(H,1,2,3). The van der Waals surface area contributed by atoms with Gasteiger partial charge in [0.1, 0.15) is 0 Å². The molecule has 0 saturated heterocycles. The molecule has 0 fully saturated rings. The van der Waals surface area contributed by atoms with Gasteiger partial charge >= 0.3 is 19.6 Å². The molecule has 0 amide bonds. The minimum Gasteiger partial charge on any atom is -0.511 e. The van der Waals surface area contributed by atoms with Crippen LogP contribution in [0.1, 0.15) is 0 Å². The zero-order valence-electron chi connectivity index (χ0n) is 3.44. The van der Waals surface area contributed by atoms with Crippen molar-refractivity contribution < 1.29 is 26.1 Å². The average Bonchev–Trinajstić information content (AvgIpc) is 1.21. The first kappa shape index (κ1) is 7.53. The molecule has 0 saturated carbocycles. The monoisotopic (exact) mass is 158 g/mol. The Balaban J connectivity index is 3.95. The molecule has 2 N–H and O–H groups in total. The normalized spacial score (nSPS) is 10.6. The highest BCUT2D eigenvalue weighted by atomic mass is 32.3. The lowest BCUT2D eigenvalue weighted by Gasteiger charge is -1.88. The third-order valence-electron chi connectivity index (χ3n) is 0.177. The summed E-state index contributed by atoms with van der Waals surface area (Å²) < 4.78 is 39.0.